The Morgan fingerprint density at radius 1 is 0.483 bits per heavy atom. The van der Waals surface area contributed by atoms with E-state index in [9.17, 15) is 81.5 Å². The SMILES string of the molecule is CC[N+]1(CC2CCCCCC2)CCC(NC(=O)C2c3cc(Cl)ccc3Oc3ccc(Cl)cc32)CC1.CS(=O)(=O)c1ccc(C(=O)N[C@@H]2CCCC[C@@H]2NC(=O)CNC(=O)c2cc(C(F)(F)F)ccc2CC(=O)C2CCCCC2)cc1.Cc1ccc(C(F)(F)F)cc1C(=O)NCC(=O)N[C@H]1CCCC[C@H]1NC(=O)c1ccc(S(C)(=O)=O)cc1.[HH].[HH].[HH].[HH].[HH].[HH].[HH].[HH].[HH].[HH].[I-]. The molecule has 21 nitrogen and oxygen atoms in total. The van der Waals surface area contributed by atoms with Gasteiger partial charge in [0, 0.05) is 132 Å². The molecule has 1 saturated heterocycles. The number of aryl methyl sites for hydroxylation is 1. The number of fused-ring (bicyclic) bond motifs is 2. The van der Waals surface area contributed by atoms with Crippen LogP contribution in [0.2, 0.25) is 10.0 Å². The van der Waals surface area contributed by atoms with E-state index >= 15 is 0 Å². The van der Waals surface area contributed by atoms with Crippen LogP contribution >= 0.6 is 23.2 Å². The molecule has 0 aromatic heterocycles. The first kappa shape index (κ1) is 93.7. The predicted octanol–water partition coefficient (Wildman–Crippen LogP) is 14.2. The molecule has 6 aliphatic rings. The average Bonchev–Trinajstić information content (AvgIpc) is 0.776. The van der Waals surface area contributed by atoms with Crippen molar-refractivity contribution in [1.29, 1.82) is 0 Å². The molecule has 0 unspecified atom stereocenters. The lowest BCUT2D eigenvalue weighted by atomic mass is 9.83. The zero-order valence-corrected chi connectivity index (χ0v) is 71.7. The Bertz CT molecular complexity index is 4810. The summed E-state index contributed by atoms with van der Waals surface area (Å²) in [6.45, 7) is 7.68. The van der Waals surface area contributed by atoms with Gasteiger partial charge in [-0.2, -0.15) is 26.3 Å². The fourth-order valence-corrected chi connectivity index (χ4v) is 18.2. The molecule has 6 aromatic rings. The Balaban J connectivity index is 0. The highest BCUT2D eigenvalue weighted by Crippen LogP contribution is 2.47. The zero-order chi connectivity index (χ0) is 84.6. The van der Waals surface area contributed by atoms with E-state index in [2.05, 4.69) is 44.1 Å². The number of hydrogen-bond acceptors (Lipinski definition) is 13. The monoisotopic (exact) mass is 1850 g/mol. The number of benzene rings is 6. The van der Waals surface area contributed by atoms with Crippen LogP contribution in [0, 0.1) is 18.8 Å². The van der Waals surface area contributed by atoms with Crippen molar-refractivity contribution in [3.05, 3.63) is 187 Å². The van der Waals surface area contributed by atoms with Crippen molar-refractivity contribution in [2.75, 3.05) is 51.8 Å². The highest BCUT2D eigenvalue weighted by atomic mass is 127. The first-order chi connectivity index (χ1) is 55.4. The maximum absolute atomic E-state index is 13.7. The van der Waals surface area contributed by atoms with E-state index in [0.717, 1.165) is 138 Å². The van der Waals surface area contributed by atoms with Gasteiger partial charge in [0.15, 0.2) is 19.7 Å². The summed E-state index contributed by atoms with van der Waals surface area (Å²) in [6.07, 6.45) is 13.0. The number of piperidine rings is 1. The standard InChI is InChI=1S/C32H38F3N3O6S.C29H36Cl2N2O2.C25H28F3N3O5S.HI.10H2/c1-45(43,44)24-15-12-21(13-16-24)30(41)38-27-10-6-5-9-26(27)37-29(40)19-36-31(42)25-18-23(32(33,34)35)14-11-22(25)17-28(39)20-7-3-2-4-8-20;1-2-33(19-20-7-5-3-4-6-8-20)15-13-23(14-16-33)32-29(34)28-24-17-21(30)9-11-26(24)35-27-12-10-22(31)18-25(27)28;1-15-7-10-17(25(26,27)28)13-19(15)24(34)29-14-22(32)30-20-5-3-4-6-21(20)31-23(33)16-8-11-18(12-9-16)37(2,35)36;;;;;;;;;;;/h11-16,18,20,26-27H,2-10,17,19H2,1H3,(H,36,42)(H,37,40)(H,38,41);9-12,17-18,20,23,28H,2-8,13-16,19H2,1H3;7-13,20-21H,3-6,14H2,1-2H3,(H,29,34)(H,30,32)(H,31,33);11*1H/t26-,27+;;20-,21+;;;;;;;;;;;/m0.0.........../s1. The van der Waals surface area contributed by atoms with Gasteiger partial charge < -0.3 is 70.4 Å². The number of amides is 7. The number of nitrogens with zero attached hydrogens (tertiary/aromatic N) is 1. The smallest absolute Gasteiger partial charge is 0.416 e. The van der Waals surface area contributed by atoms with Crippen LogP contribution in [-0.4, -0.2) is 150 Å². The average molecular weight is 1850 g/mol. The molecule has 2 heterocycles. The summed E-state index contributed by atoms with van der Waals surface area (Å²) in [4.78, 5) is 103. The largest absolute Gasteiger partial charge is 1.00 e. The molecular weight excluding hydrogens is 1730 g/mol. The van der Waals surface area contributed by atoms with Crippen LogP contribution < -0.4 is 65.9 Å². The number of quaternary nitrogens is 1. The van der Waals surface area contributed by atoms with Gasteiger partial charge in [-0.1, -0.05) is 106 Å². The molecule has 4 saturated carbocycles. The predicted molar refractivity (Wildman–Crippen MR) is 454 cm³/mol. The van der Waals surface area contributed by atoms with Crippen molar-refractivity contribution in [2.45, 2.75) is 213 Å². The Kier molecular flexibility index (Phi) is 33.3. The lowest BCUT2D eigenvalue weighted by Gasteiger charge is -2.45. The third kappa shape index (κ3) is 26.2. The van der Waals surface area contributed by atoms with Gasteiger partial charge in [0.25, 0.3) is 23.6 Å². The van der Waals surface area contributed by atoms with Gasteiger partial charge in [0.2, 0.25) is 17.7 Å². The summed E-state index contributed by atoms with van der Waals surface area (Å²) in [5.74, 6) is -2.22. The number of alkyl halides is 6. The van der Waals surface area contributed by atoms with E-state index in [1.165, 1.54) is 118 Å². The van der Waals surface area contributed by atoms with Crippen LogP contribution in [0.1, 0.15) is 237 Å². The van der Waals surface area contributed by atoms with Gasteiger partial charge in [-0.15, -0.1) is 0 Å². The van der Waals surface area contributed by atoms with Crippen molar-refractivity contribution < 1.29 is 129 Å². The molecule has 7 N–H and O–H groups in total. The molecule has 0 spiro atoms. The topological polar surface area (TPSA) is 298 Å². The van der Waals surface area contributed by atoms with Crippen molar-refractivity contribution in [2.24, 2.45) is 11.8 Å². The van der Waals surface area contributed by atoms with Crippen LogP contribution in [0.15, 0.2) is 131 Å². The second-order valence-electron chi connectivity index (χ2n) is 31.7. The first-order valence-corrected chi connectivity index (χ1v) is 44.7. The summed E-state index contributed by atoms with van der Waals surface area (Å²) < 4.78 is 133. The van der Waals surface area contributed by atoms with Gasteiger partial charge in [-0.25, -0.2) is 16.8 Å². The van der Waals surface area contributed by atoms with E-state index in [4.69, 9.17) is 27.9 Å². The molecule has 7 amide bonds. The molecule has 0 bridgehead atoms. The number of hydrogen-bond donors (Lipinski definition) is 7. The van der Waals surface area contributed by atoms with Crippen molar-refractivity contribution >= 4 is 90.0 Å². The number of carbonyl (C=O) groups is 8. The number of sulfone groups is 2. The van der Waals surface area contributed by atoms with E-state index in [-0.39, 0.29) is 112 Å². The highest BCUT2D eigenvalue weighted by molar-refractivity contribution is 7.91. The molecule has 12 rings (SSSR count). The van der Waals surface area contributed by atoms with Crippen LogP contribution in [0.5, 0.6) is 11.5 Å². The fourth-order valence-electron chi connectivity index (χ4n) is 16.6. The number of Topliss-reactive ketones (excluding diaryl/α,β-unsaturated/α-hetero) is 1. The van der Waals surface area contributed by atoms with Gasteiger partial charge in [0.1, 0.15) is 17.3 Å². The maximum atomic E-state index is 13.7. The minimum absolute atomic E-state index is 0. The molecule has 2 aliphatic heterocycles. The number of nitrogens with one attached hydrogen (secondary N) is 7. The van der Waals surface area contributed by atoms with Crippen molar-refractivity contribution in [1.82, 2.24) is 37.2 Å². The zero-order valence-electron chi connectivity index (χ0n) is 66.4. The third-order valence-corrected chi connectivity index (χ3v) is 26.0. The molecule has 32 heteroatoms. The second-order valence-corrected chi connectivity index (χ2v) is 36.6. The maximum Gasteiger partial charge on any atom is 0.416 e. The van der Waals surface area contributed by atoms with Crippen LogP contribution in [-0.2, 0) is 57.6 Å². The molecule has 5 fully saturated rings. The Labute approximate surface area is 727 Å². The third-order valence-electron chi connectivity index (χ3n) is 23.3. The summed E-state index contributed by atoms with van der Waals surface area (Å²) in [6, 6.07) is 26.0. The van der Waals surface area contributed by atoms with E-state index < -0.39 is 116 Å². The van der Waals surface area contributed by atoms with E-state index in [0.29, 0.717) is 58.9 Å². The van der Waals surface area contributed by atoms with Crippen molar-refractivity contribution in [3.8, 4) is 11.5 Å². The number of halogens is 9. The number of ketones is 1. The molecule has 660 valence electrons. The lowest BCUT2D eigenvalue weighted by molar-refractivity contribution is -0.934. The van der Waals surface area contributed by atoms with Crippen LogP contribution in [0.4, 0.5) is 26.3 Å². The molecule has 4 aliphatic carbocycles. The highest BCUT2D eigenvalue weighted by Gasteiger charge is 2.41. The second kappa shape index (κ2) is 41.9. The van der Waals surface area contributed by atoms with Crippen LogP contribution in [0.25, 0.3) is 0 Å². The number of rotatable bonds is 22. The van der Waals surface area contributed by atoms with Gasteiger partial charge in [0.05, 0.1) is 66.1 Å². The minimum Gasteiger partial charge on any atom is -1.00 e. The van der Waals surface area contributed by atoms with Crippen molar-refractivity contribution in [3.63, 3.8) is 0 Å². The number of ether oxygens (including phenoxy) is 1. The fraction of sp³-hybridized carbons (Fsp3) is 0.488. The number of carbonyl (C=O) groups excluding carboxylic acids is 8. The molecular formula is C86H123Cl2F6IN8O13S2. The van der Waals surface area contributed by atoms with E-state index in [1.807, 2.05) is 24.3 Å². The first-order valence-electron chi connectivity index (χ1n) is 40.1. The quantitative estimate of drug-likeness (QED) is 0.0144. The van der Waals surface area contributed by atoms with Crippen LogP contribution in [0.3, 0.4) is 0 Å². The van der Waals surface area contributed by atoms with Gasteiger partial charge in [-0.05, 0) is 186 Å². The molecule has 0 radical (unpaired) electrons. The summed E-state index contributed by atoms with van der Waals surface area (Å²) >= 11 is 12.6. The minimum atomic E-state index is -4.70. The number of likely N-dealkylation sites (tertiary alicyclic amines) is 1. The Morgan fingerprint density at radius 3 is 1.33 bits per heavy atom. The Morgan fingerprint density at radius 2 is 0.890 bits per heavy atom. The van der Waals surface area contributed by atoms with E-state index in [1.54, 1.807) is 12.1 Å². The normalized spacial score (nSPS) is 20.5. The molecule has 118 heavy (non-hydrogen) atoms. The summed E-state index contributed by atoms with van der Waals surface area (Å²) in [7, 11) is -6.81. The molecule has 4 atom stereocenters. The van der Waals surface area contributed by atoms with Gasteiger partial charge >= 0.3 is 12.4 Å². The lowest BCUT2D eigenvalue weighted by Crippen LogP contribution is -3.00. The van der Waals surface area contributed by atoms with Gasteiger partial charge in [-0.3, -0.25) is 38.4 Å². The molecule has 6 aromatic carbocycles. The Hall–Kier alpha value is -8.17. The summed E-state index contributed by atoms with van der Waals surface area (Å²) in [5.41, 5.74) is 0.175. The summed E-state index contributed by atoms with van der Waals surface area (Å²) in [5, 5.41) is 20.7.